The standard InChI is InChI=1S/C42H28O2/c1-3-11-27(12-4-1)29-15-7-17-31(25-29)33-19-9-21-35-37-23-24-38-36-22-10-20-34(40(36)44-42(38)41(37)43-39(33)35)32-18-8-16-30(26-32)28-13-5-2-6-14-28/h1-26,35,39H. The quantitative estimate of drug-likeness (QED) is 0.212. The Morgan fingerprint density at radius 1 is 0.477 bits per heavy atom. The van der Waals surface area contributed by atoms with Gasteiger partial charge in [-0.15, -0.1) is 0 Å². The minimum atomic E-state index is -0.109. The molecule has 7 aromatic rings. The van der Waals surface area contributed by atoms with E-state index in [2.05, 4.69) is 158 Å². The third kappa shape index (κ3) is 3.95. The lowest BCUT2D eigenvalue weighted by Gasteiger charge is -2.23. The number of fused-ring (bicyclic) bond motifs is 7. The zero-order valence-corrected chi connectivity index (χ0v) is 24.0. The average Bonchev–Trinajstić information content (AvgIpc) is 3.68. The van der Waals surface area contributed by atoms with Crippen LogP contribution in [0.2, 0.25) is 0 Å². The third-order valence-corrected chi connectivity index (χ3v) is 9.07. The van der Waals surface area contributed by atoms with Crippen LogP contribution in [0.5, 0.6) is 5.75 Å². The Kier molecular flexibility index (Phi) is 5.67. The van der Waals surface area contributed by atoms with Crippen LogP contribution in [0.1, 0.15) is 17.0 Å². The number of hydrogen-bond acceptors (Lipinski definition) is 2. The summed E-state index contributed by atoms with van der Waals surface area (Å²) in [5, 5.41) is 2.19. The van der Waals surface area contributed by atoms with Crippen molar-refractivity contribution in [1.29, 1.82) is 0 Å². The fraction of sp³-hybridized carbons (Fsp3) is 0.0476. The van der Waals surface area contributed by atoms with Crippen molar-refractivity contribution in [1.82, 2.24) is 0 Å². The summed E-state index contributed by atoms with van der Waals surface area (Å²) in [7, 11) is 0. The SMILES string of the molecule is C1=CC2c3ccc4c(oc5c(-c6cccc(-c7ccccc7)c6)cccc54)c3OC2C(c2cccc(-c3ccccc3)c2)=C1. The van der Waals surface area contributed by atoms with Crippen molar-refractivity contribution in [3.05, 3.63) is 169 Å². The van der Waals surface area contributed by atoms with E-state index in [-0.39, 0.29) is 12.0 Å². The lowest BCUT2D eigenvalue weighted by Crippen LogP contribution is -2.21. The Hall–Kier alpha value is -5.60. The second kappa shape index (κ2) is 10.00. The van der Waals surface area contributed by atoms with E-state index in [1.807, 2.05) is 0 Å². The molecule has 0 saturated heterocycles. The Labute approximate surface area is 256 Å². The first kappa shape index (κ1) is 24.9. The van der Waals surface area contributed by atoms with Crippen molar-refractivity contribution in [2.45, 2.75) is 12.0 Å². The number of ether oxygens (including phenoxy) is 1. The Balaban J connectivity index is 1.13. The predicted molar refractivity (Wildman–Crippen MR) is 181 cm³/mol. The summed E-state index contributed by atoms with van der Waals surface area (Å²) >= 11 is 0. The van der Waals surface area contributed by atoms with Crippen LogP contribution in [0.15, 0.2) is 162 Å². The summed E-state index contributed by atoms with van der Waals surface area (Å²) in [6.07, 6.45) is 6.52. The van der Waals surface area contributed by atoms with Crippen LogP contribution in [0.4, 0.5) is 0 Å². The molecule has 0 fully saturated rings. The van der Waals surface area contributed by atoms with Crippen molar-refractivity contribution in [3.63, 3.8) is 0 Å². The highest BCUT2D eigenvalue weighted by molar-refractivity contribution is 6.11. The van der Waals surface area contributed by atoms with E-state index >= 15 is 0 Å². The molecule has 2 atom stereocenters. The molecule has 2 heterocycles. The van der Waals surface area contributed by atoms with E-state index < -0.39 is 0 Å². The van der Waals surface area contributed by atoms with E-state index in [1.54, 1.807) is 0 Å². The fourth-order valence-electron chi connectivity index (χ4n) is 6.93. The van der Waals surface area contributed by atoms with Crippen molar-refractivity contribution in [2.75, 3.05) is 0 Å². The zero-order valence-electron chi connectivity index (χ0n) is 24.0. The molecule has 0 saturated carbocycles. The average molecular weight is 565 g/mol. The zero-order chi connectivity index (χ0) is 29.0. The van der Waals surface area contributed by atoms with Gasteiger partial charge in [0.1, 0.15) is 11.7 Å². The molecular formula is C42H28O2. The molecule has 1 aliphatic heterocycles. The Morgan fingerprint density at radius 2 is 1.09 bits per heavy atom. The lowest BCUT2D eigenvalue weighted by molar-refractivity contribution is 0.278. The van der Waals surface area contributed by atoms with Crippen molar-refractivity contribution < 1.29 is 9.15 Å². The van der Waals surface area contributed by atoms with Gasteiger partial charge in [0.2, 0.25) is 0 Å². The first-order valence-electron chi connectivity index (χ1n) is 15.2. The lowest BCUT2D eigenvalue weighted by atomic mass is 9.83. The van der Waals surface area contributed by atoms with Crippen molar-refractivity contribution in [3.8, 4) is 39.1 Å². The van der Waals surface area contributed by atoms with Crippen LogP contribution in [-0.2, 0) is 0 Å². The molecule has 1 aliphatic carbocycles. The van der Waals surface area contributed by atoms with Crippen molar-refractivity contribution >= 4 is 27.5 Å². The first-order chi connectivity index (χ1) is 21.8. The molecule has 208 valence electrons. The number of rotatable bonds is 4. The first-order valence-corrected chi connectivity index (χ1v) is 15.2. The van der Waals surface area contributed by atoms with Gasteiger partial charge in [-0.2, -0.15) is 0 Å². The molecule has 2 aliphatic rings. The van der Waals surface area contributed by atoms with Gasteiger partial charge in [0.15, 0.2) is 11.3 Å². The Morgan fingerprint density at radius 3 is 1.84 bits per heavy atom. The van der Waals surface area contributed by atoms with Gasteiger partial charge in [0.05, 0.1) is 0 Å². The smallest absolute Gasteiger partial charge is 0.177 e. The predicted octanol–water partition coefficient (Wildman–Crippen LogP) is 11.1. The van der Waals surface area contributed by atoms with Gasteiger partial charge in [0.25, 0.3) is 0 Å². The summed E-state index contributed by atoms with van der Waals surface area (Å²) < 4.78 is 13.7. The number of benzene rings is 6. The number of allylic oxidation sites excluding steroid dienone is 2. The molecule has 0 radical (unpaired) electrons. The third-order valence-electron chi connectivity index (χ3n) is 9.07. The highest BCUT2D eigenvalue weighted by Crippen LogP contribution is 2.51. The molecular weight excluding hydrogens is 536 g/mol. The molecule has 0 spiro atoms. The van der Waals surface area contributed by atoms with E-state index in [0.29, 0.717) is 0 Å². The van der Waals surface area contributed by atoms with Crippen LogP contribution < -0.4 is 4.74 Å². The van der Waals surface area contributed by atoms with Crippen LogP contribution in [0.25, 0.3) is 60.9 Å². The van der Waals surface area contributed by atoms with Gasteiger partial charge in [-0.3, -0.25) is 0 Å². The normalized spacial score (nSPS) is 16.9. The largest absolute Gasteiger partial charge is 0.480 e. The number of para-hydroxylation sites is 1. The Bertz CT molecular complexity index is 2250. The van der Waals surface area contributed by atoms with Crippen LogP contribution in [0, 0.1) is 0 Å². The maximum absolute atomic E-state index is 6.88. The second-order valence-electron chi connectivity index (χ2n) is 11.6. The maximum Gasteiger partial charge on any atom is 0.177 e. The van der Waals surface area contributed by atoms with Crippen LogP contribution in [0.3, 0.4) is 0 Å². The maximum atomic E-state index is 6.88. The summed E-state index contributed by atoms with van der Waals surface area (Å²) in [6, 6.07) is 49.4. The minimum absolute atomic E-state index is 0.109. The van der Waals surface area contributed by atoms with Crippen molar-refractivity contribution in [2.24, 2.45) is 0 Å². The molecule has 1 aromatic heterocycles. The van der Waals surface area contributed by atoms with E-state index in [0.717, 1.165) is 38.8 Å². The number of furan rings is 1. The topological polar surface area (TPSA) is 22.4 Å². The van der Waals surface area contributed by atoms with Crippen LogP contribution in [-0.4, -0.2) is 6.10 Å². The van der Waals surface area contributed by atoms with Gasteiger partial charge < -0.3 is 9.15 Å². The monoisotopic (exact) mass is 564 g/mol. The molecule has 6 aromatic carbocycles. The summed E-state index contributed by atoms with van der Waals surface area (Å²) in [5.74, 6) is 0.986. The molecule has 44 heavy (non-hydrogen) atoms. The van der Waals surface area contributed by atoms with Crippen LogP contribution >= 0.6 is 0 Å². The summed E-state index contributed by atoms with van der Waals surface area (Å²) in [5.41, 5.74) is 12.3. The fourth-order valence-corrected chi connectivity index (χ4v) is 6.93. The van der Waals surface area contributed by atoms with Gasteiger partial charge in [-0.05, 0) is 51.6 Å². The molecule has 0 N–H and O–H groups in total. The second-order valence-corrected chi connectivity index (χ2v) is 11.6. The van der Waals surface area contributed by atoms with E-state index in [1.165, 1.54) is 39.0 Å². The molecule has 0 amide bonds. The van der Waals surface area contributed by atoms with Gasteiger partial charge in [0, 0.05) is 33.4 Å². The highest BCUT2D eigenvalue weighted by atomic mass is 16.5. The minimum Gasteiger partial charge on any atom is -0.480 e. The summed E-state index contributed by atoms with van der Waals surface area (Å²) in [6.45, 7) is 0. The molecule has 2 heteroatoms. The molecule has 0 bridgehead atoms. The number of hydrogen-bond donors (Lipinski definition) is 0. The summed E-state index contributed by atoms with van der Waals surface area (Å²) in [4.78, 5) is 0. The molecule has 2 nitrogen and oxygen atoms in total. The van der Waals surface area contributed by atoms with Gasteiger partial charge in [-0.25, -0.2) is 0 Å². The van der Waals surface area contributed by atoms with Gasteiger partial charge in [-0.1, -0.05) is 140 Å². The molecule has 9 rings (SSSR count). The van der Waals surface area contributed by atoms with Gasteiger partial charge >= 0.3 is 0 Å². The molecule has 2 unspecified atom stereocenters. The van der Waals surface area contributed by atoms with E-state index in [4.69, 9.17) is 9.15 Å². The highest BCUT2D eigenvalue weighted by Gasteiger charge is 2.39. The van der Waals surface area contributed by atoms with E-state index in [9.17, 15) is 0 Å².